The number of rotatable bonds is 1. The number of aliphatic imine (C=N–C) groups is 1. The first-order valence-electron chi connectivity index (χ1n) is 6.68. The third-order valence-corrected chi connectivity index (χ3v) is 4.40. The molecule has 0 aromatic rings. The number of allylic oxidation sites excluding steroid dienone is 3. The van der Waals surface area contributed by atoms with Gasteiger partial charge in [0.2, 0.25) is 0 Å². The largest absolute Gasteiger partial charge is 0.309 e. The van der Waals surface area contributed by atoms with Crippen LogP contribution in [0.1, 0.15) is 44.9 Å². The van der Waals surface area contributed by atoms with Crippen molar-refractivity contribution < 1.29 is 4.79 Å². The molecule has 1 saturated carbocycles. The third-order valence-electron chi connectivity index (χ3n) is 4.05. The molecule has 3 nitrogen and oxygen atoms in total. The number of hydrogen-bond donors (Lipinski definition) is 1. The van der Waals surface area contributed by atoms with E-state index in [1.807, 2.05) is 6.08 Å². The Labute approximate surface area is 112 Å². The van der Waals surface area contributed by atoms with Crippen molar-refractivity contribution >= 4 is 23.3 Å². The molecule has 2 aliphatic carbocycles. The van der Waals surface area contributed by atoms with Gasteiger partial charge in [0, 0.05) is 10.6 Å². The summed E-state index contributed by atoms with van der Waals surface area (Å²) in [6.45, 7) is 0. The summed E-state index contributed by atoms with van der Waals surface area (Å²) in [5.74, 6) is 0.790. The van der Waals surface area contributed by atoms with Gasteiger partial charge in [-0.15, -0.1) is 0 Å². The Kier molecular flexibility index (Phi) is 3.02. The van der Waals surface area contributed by atoms with E-state index in [4.69, 9.17) is 16.6 Å². The highest BCUT2D eigenvalue weighted by Gasteiger charge is 2.46. The van der Waals surface area contributed by atoms with Crippen LogP contribution in [0.25, 0.3) is 0 Å². The van der Waals surface area contributed by atoms with E-state index >= 15 is 0 Å². The molecule has 0 bridgehead atoms. The Morgan fingerprint density at radius 3 is 2.83 bits per heavy atom. The standard InChI is InChI=1S/C14H17ClN2O/c15-11-7-3-1-2-6-10(11)12-16-13(18)14(17-12)8-4-5-9-14/h3,7H,1-2,4-6,8-9H2,(H,16,17,18). The molecule has 0 radical (unpaired) electrons. The molecule has 1 spiro atoms. The molecule has 0 unspecified atom stereocenters. The first kappa shape index (κ1) is 12.0. The molecule has 0 aromatic carbocycles. The maximum absolute atomic E-state index is 12.1. The first-order valence-corrected chi connectivity index (χ1v) is 7.06. The van der Waals surface area contributed by atoms with E-state index in [2.05, 4.69) is 11.4 Å². The Bertz CT molecular complexity index is 470. The second-order valence-corrected chi connectivity index (χ2v) is 5.68. The molecule has 3 rings (SSSR count). The van der Waals surface area contributed by atoms with Crippen molar-refractivity contribution in [2.24, 2.45) is 4.99 Å². The summed E-state index contributed by atoms with van der Waals surface area (Å²) in [6, 6.07) is 0. The highest BCUT2D eigenvalue weighted by molar-refractivity contribution is 6.34. The van der Waals surface area contributed by atoms with Gasteiger partial charge < -0.3 is 5.32 Å². The summed E-state index contributed by atoms with van der Waals surface area (Å²) < 4.78 is 0. The lowest BCUT2D eigenvalue weighted by Crippen LogP contribution is -2.37. The molecule has 1 heterocycles. The molecule has 1 aliphatic heterocycles. The minimum absolute atomic E-state index is 0.0696. The average Bonchev–Trinajstić information content (AvgIpc) is 2.87. The van der Waals surface area contributed by atoms with Gasteiger partial charge in [-0.25, -0.2) is 0 Å². The summed E-state index contributed by atoms with van der Waals surface area (Å²) in [4.78, 5) is 16.8. The van der Waals surface area contributed by atoms with Crippen molar-refractivity contribution in [1.29, 1.82) is 0 Å². The molecule has 1 amide bonds. The second kappa shape index (κ2) is 4.54. The van der Waals surface area contributed by atoms with E-state index in [0.29, 0.717) is 0 Å². The molecular formula is C14H17ClN2O. The van der Waals surface area contributed by atoms with Crippen LogP contribution in [-0.2, 0) is 4.79 Å². The summed E-state index contributed by atoms with van der Waals surface area (Å²) in [5.41, 5.74) is 0.526. The van der Waals surface area contributed by atoms with Crippen LogP contribution in [0.4, 0.5) is 0 Å². The zero-order chi connectivity index (χ0) is 12.6. The molecular weight excluding hydrogens is 248 g/mol. The Morgan fingerprint density at radius 2 is 2.06 bits per heavy atom. The SMILES string of the molecule is O=C1NC(C2=C(Cl)C=CCCC2)=NC12CCCC2. The third kappa shape index (κ3) is 1.91. The van der Waals surface area contributed by atoms with Gasteiger partial charge in [-0.1, -0.05) is 30.5 Å². The minimum Gasteiger partial charge on any atom is -0.309 e. The lowest BCUT2D eigenvalue weighted by atomic mass is 9.99. The fourth-order valence-corrected chi connectivity index (χ4v) is 3.27. The summed E-state index contributed by atoms with van der Waals surface area (Å²) >= 11 is 6.27. The van der Waals surface area contributed by atoms with Crippen LogP contribution in [-0.4, -0.2) is 17.3 Å². The van der Waals surface area contributed by atoms with Gasteiger partial charge in [-0.05, 0) is 38.2 Å². The monoisotopic (exact) mass is 264 g/mol. The molecule has 18 heavy (non-hydrogen) atoms. The van der Waals surface area contributed by atoms with E-state index in [-0.39, 0.29) is 5.91 Å². The van der Waals surface area contributed by atoms with Crippen molar-refractivity contribution in [3.05, 3.63) is 22.8 Å². The van der Waals surface area contributed by atoms with Crippen molar-refractivity contribution in [1.82, 2.24) is 5.32 Å². The first-order chi connectivity index (χ1) is 8.71. The second-order valence-electron chi connectivity index (χ2n) is 5.27. The molecule has 0 aromatic heterocycles. The Hall–Kier alpha value is -1.09. The van der Waals surface area contributed by atoms with Crippen molar-refractivity contribution in [2.45, 2.75) is 50.5 Å². The number of amidine groups is 1. The number of halogens is 1. The maximum atomic E-state index is 12.1. The van der Waals surface area contributed by atoms with Crippen molar-refractivity contribution in [3.63, 3.8) is 0 Å². The van der Waals surface area contributed by atoms with E-state index in [1.165, 1.54) is 0 Å². The molecule has 0 saturated heterocycles. The number of carbonyl (C=O) groups is 1. The van der Waals surface area contributed by atoms with Gasteiger partial charge in [0.1, 0.15) is 11.4 Å². The maximum Gasteiger partial charge on any atom is 0.253 e. The fourth-order valence-electron chi connectivity index (χ4n) is 2.99. The number of amides is 1. The molecule has 1 N–H and O–H groups in total. The van der Waals surface area contributed by atoms with Crippen LogP contribution >= 0.6 is 11.6 Å². The van der Waals surface area contributed by atoms with Crippen LogP contribution in [0.2, 0.25) is 0 Å². The molecule has 4 heteroatoms. The van der Waals surface area contributed by atoms with Crippen LogP contribution in [0.15, 0.2) is 27.7 Å². The van der Waals surface area contributed by atoms with Crippen LogP contribution in [0.5, 0.6) is 0 Å². The fraction of sp³-hybridized carbons (Fsp3) is 0.571. The van der Waals surface area contributed by atoms with Gasteiger partial charge in [-0.2, -0.15) is 0 Å². The van der Waals surface area contributed by atoms with Gasteiger partial charge in [0.15, 0.2) is 0 Å². The average molecular weight is 265 g/mol. The zero-order valence-corrected chi connectivity index (χ0v) is 11.1. The van der Waals surface area contributed by atoms with Crippen LogP contribution in [0, 0.1) is 0 Å². The van der Waals surface area contributed by atoms with Gasteiger partial charge in [0.25, 0.3) is 5.91 Å². The predicted octanol–water partition coefficient (Wildman–Crippen LogP) is 3.06. The highest BCUT2D eigenvalue weighted by Crippen LogP contribution is 2.37. The smallest absolute Gasteiger partial charge is 0.253 e. The molecule has 96 valence electrons. The van der Waals surface area contributed by atoms with Crippen LogP contribution < -0.4 is 5.32 Å². The number of nitrogens with zero attached hydrogens (tertiary/aromatic N) is 1. The molecule has 0 atom stereocenters. The van der Waals surface area contributed by atoms with Crippen LogP contribution in [0.3, 0.4) is 0 Å². The Balaban J connectivity index is 1.94. The van der Waals surface area contributed by atoms with Gasteiger partial charge in [-0.3, -0.25) is 9.79 Å². The minimum atomic E-state index is -0.477. The van der Waals surface area contributed by atoms with E-state index < -0.39 is 5.54 Å². The van der Waals surface area contributed by atoms with Gasteiger partial charge >= 0.3 is 0 Å². The number of nitrogens with one attached hydrogen (secondary N) is 1. The van der Waals surface area contributed by atoms with Crippen molar-refractivity contribution in [2.75, 3.05) is 0 Å². The highest BCUT2D eigenvalue weighted by atomic mass is 35.5. The van der Waals surface area contributed by atoms with E-state index in [9.17, 15) is 4.79 Å². The molecule has 3 aliphatic rings. The molecule has 1 fully saturated rings. The van der Waals surface area contributed by atoms with Crippen molar-refractivity contribution in [3.8, 4) is 0 Å². The number of hydrogen-bond acceptors (Lipinski definition) is 2. The Morgan fingerprint density at radius 1 is 1.28 bits per heavy atom. The number of carbonyl (C=O) groups excluding carboxylic acids is 1. The predicted molar refractivity (Wildman–Crippen MR) is 72.6 cm³/mol. The van der Waals surface area contributed by atoms with Gasteiger partial charge in [0.05, 0.1) is 0 Å². The lowest BCUT2D eigenvalue weighted by molar-refractivity contribution is -0.123. The van der Waals surface area contributed by atoms with E-state index in [0.717, 1.165) is 61.4 Å². The topological polar surface area (TPSA) is 41.5 Å². The summed E-state index contributed by atoms with van der Waals surface area (Å²) in [7, 11) is 0. The quantitative estimate of drug-likeness (QED) is 0.777. The normalized spacial score (nSPS) is 26.5. The zero-order valence-electron chi connectivity index (χ0n) is 10.3. The summed E-state index contributed by atoms with van der Waals surface area (Å²) in [5, 5.41) is 3.67. The lowest BCUT2D eigenvalue weighted by Gasteiger charge is -2.14. The van der Waals surface area contributed by atoms with E-state index in [1.54, 1.807) is 0 Å². The summed E-state index contributed by atoms with van der Waals surface area (Å²) in [6.07, 6.45) is 10.9.